The molecule has 0 atom stereocenters. The first kappa shape index (κ1) is 18.4. The molecule has 0 unspecified atom stereocenters. The maximum atomic E-state index is 11.9. The molecule has 5 nitrogen and oxygen atoms in total. The van der Waals surface area contributed by atoms with Gasteiger partial charge >= 0.3 is 0 Å². The first-order chi connectivity index (χ1) is 12.7. The summed E-state index contributed by atoms with van der Waals surface area (Å²) in [7, 11) is 0. The molecule has 0 aliphatic heterocycles. The Morgan fingerprint density at radius 3 is 2.85 bits per heavy atom. The lowest BCUT2D eigenvalue weighted by molar-refractivity contribution is -0.121. The van der Waals surface area contributed by atoms with E-state index in [2.05, 4.69) is 15.3 Å². The number of hydrogen-bond acceptors (Lipinski definition) is 5. The van der Waals surface area contributed by atoms with Crippen molar-refractivity contribution < 1.29 is 9.53 Å². The number of thiazole rings is 1. The van der Waals surface area contributed by atoms with E-state index in [1.54, 1.807) is 12.3 Å². The van der Waals surface area contributed by atoms with Gasteiger partial charge in [0.2, 0.25) is 5.91 Å². The molecule has 0 fully saturated rings. The minimum absolute atomic E-state index is 0.0276. The molecule has 0 aliphatic rings. The summed E-state index contributed by atoms with van der Waals surface area (Å²) in [5.41, 5.74) is 1.67. The number of nitrogens with one attached hydrogen (secondary N) is 1. The van der Waals surface area contributed by atoms with Crippen molar-refractivity contribution in [3.63, 3.8) is 0 Å². The van der Waals surface area contributed by atoms with Gasteiger partial charge in [-0.05, 0) is 30.7 Å². The molecule has 0 saturated carbocycles. The summed E-state index contributed by atoms with van der Waals surface area (Å²) in [6, 6.07) is 13.0. The predicted octanol–water partition coefficient (Wildman–Crippen LogP) is 4.33. The van der Waals surface area contributed by atoms with E-state index in [1.165, 1.54) is 11.3 Å². The molecule has 0 spiro atoms. The molecule has 2 heterocycles. The highest BCUT2D eigenvalue weighted by atomic mass is 35.5. The number of halogens is 1. The van der Waals surface area contributed by atoms with Gasteiger partial charge in [-0.15, -0.1) is 11.3 Å². The Morgan fingerprint density at radius 1 is 1.19 bits per heavy atom. The average Bonchev–Trinajstić information content (AvgIpc) is 3.15. The van der Waals surface area contributed by atoms with Crippen LogP contribution in [0.5, 0.6) is 5.75 Å². The fourth-order valence-corrected chi connectivity index (χ4v) is 3.23. The van der Waals surface area contributed by atoms with Gasteiger partial charge in [0, 0.05) is 18.0 Å². The van der Waals surface area contributed by atoms with Crippen molar-refractivity contribution in [2.75, 3.05) is 6.61 Å². The number of ether oxygens (including phenoxy) is 1. The number of aromatic nitrogens is 2. The molecule has 26 heavy (non-hydrogen) atoms. The largest absolute Gasteiger partial charge is 0.492 e. The van der Waals surface area contributed by atoms with Crippen LogP contribution in [0.2, 0.25) is 5.02 Å². The Morgan fingerprint density at radius 2 is 2.04 bits per heavy atom. The van der Waals surface area contributed by atoms with E-state index in [-0.39, 0.29) is 5.91 Å². The molecular weight excluding hydrogens is 370 g/mol. The van der Waals surface area contributed by atoms with Gasteiger partial charge in [0.05, 0.1) is 29.6 Å². The van der Waals surface area contributed by atoms with Gasteiger partial charge in [0.25, 0.3) is 0 Å². The maximum absolute atomic E-state index is 11.9. The number of benzene rings is 1. The molecule has 1 amide bonds. The van der Waals surface area contributed by atoms with Crippen molar-refractivity contribution in [3.8, 4) is 16.5 Å². The molecule has 0 radical (unpaired) electrons. The fourth-order valence-electron chi connectivity index (χ4n) is 2.25. The molecule has 7 heteroatoms. The second kappa shape index (κ2) is 9.31. The summed E-state index contributed by atoms with van der Waals surface area (Å²) >= 11 is 7.53. The van der Waals surface area contributed by atoms with Crippen molar-refractivity contribution >= 4 is 28.8 Å². The van der Waals surface area contributed by atoms with Crippen molar-refractivity contribution in [1.29, 1.82) is 0 Å². The van der Waals surface area contributed by atoms with Crippen LogP contribution in [0.4, 0.5) is 0 Å². The zero-order chi connectivity index (χ0) is 18.2. The quantitative estimate of drug-likeness (QED) is 0.584. The van der Waals surface area contributed by atoms with Gasteiger partial charge in [0.15, 0.2) is 0 Å². The van der Waals surface area contributed by atoms with Crippen LogP contribution < -0.4 is 10.1 Å². The van der Waals surface area contributed by atoms with Crippen LogP contribution in [0, 0.1) is 0 Å². The molecule has 1 N–H and O–H groups in total. The fraction of sp³-hybridized carbons (Fsp3) is 0.211. The Balaban J connectivity index is 1.38. The number of hydrogen-bond donors (Lipinski definition) is 1. The van der Waals surface area contributed by atoms with E-state index in [0.717, 1.165) is 16.4 Å². The minimum Gasteiger partial charge on any atom is -0.492 e. The van der Waals surface area contributed by atoms with Crippen molar-refractivity contribution in [2.24, 2.45) is 0 Å². The lowest BCUT2D eigenvalue weighted by atomic mass is 10.3. The number of amides is 1. The van der Waals surface area contributed by atoms with Crippen LogP contribution in [0.15, 0.2) is 54.0 Å². The summed E-state index contributed by atoms with van der Waals surface area (Å²) in [4.78, 5) is 20.7. The molecule has 0 bridgehead atoms. The maximum Gasteiger partial charge on any atom is 0.220 e. The van der Waals surface area contributed by atoms with Crippen molar-refractivity contribution in [2.45, 2.75) is 19.4 Å². The molecule has 0 aliphatic carbocycles. The standard InChI is InChI=1S/C19H18ClN3O2S/c20-15-6-1-2-8-17(15)25-11-5-9-18(24)22-12-14-13-26-19(23-14)16-7-3-4-10-21-16/h1-4,6-8,10,13H,5,9,11-12H2,(H,22,24). The van der Waals surface area contributed by atoms with Crippen LogP contribution in [0.3, 0.4) is 0 Å². The molecule has 2 aromatic heterocycles. The van der Waals surface area contributed by atoms with E-state index >= 15 is 0 Å². The van der Waals surface area contributed by atoms with Gasteiger partial charge in [0.1, 0.15) is 10.8 Å². The monoisotopic (exact) mass is 387 g/mol. The SMILES string of the molecule is O=C(CCCOc1ccccc1Cl)NCc1csc(-c2ccccn2)n1. The number of carbonyl (C=O) groups excluding carboxylic acids is 1. The van der Waals surface area contributed by atoms with E-state index in [4.69, 9.17) is 16.3 Å². The van der Waals surface area contributed by atoms with E-state index in [1.807, 2.05) is 41.8 Å². The third-order valence-corrected chi connectivity index (χ3v) is 4.77. The molecule has 134 valence electrons. The van der Waals surface area contributed by atoms with Crippen LogP contribution in [-0.4, -0.2) is 22.5 Å². The Hall–Kier alpha value is -2.44. The average molecular weight is 388 g/mol. The highest BCUT2D eigenvalue weighted by Gasteiger charge is 2.07. The van der Waals surface area contributed by atoms with Crippen LogP contribution in [-0.2, 0) is 11.3 Å². The second-order valence-corrected chi connectivity index (χ2v) is 6.78. The predicted molar refractivity (Wildman–Crippen MR) is 103 cm³/mol. The zero-order valence-electron chi connectivity index (χ0n) is 14.0. The summed E-state index contributed by atoms with van der Waals surface area (Å²) in [6.45, 7) is 0.852. The topological polar surface area (TPSA) is 64.1 Å². The van der Waals surface area contributed by atoms with Gasteiger partial charge < -0.3 is 10.1 Å². The zero-order valence-corrected chi connectivity index (χ0v) is 15.6. The summed E-state index contributed by atoms with van der Waals surface area (Å²) in [5.74, 6) is 0.610. The number of para-hydroxylation sites is 1. The van der Waals surface area contributed by atoms with Gasteiger partial charge in [-0.3, -0.25) is 9.78 Å². The summed E-state index contributed by atoms with van der Waals surface area (Å²) < 4.78 is 5.57. The van der Waals surface area contributed by atoms with Gasteiger partial charge in [-0.1, -0.05) is 29.8 Å². The first-order valence-corrected chi connectivity index (χ1v) is 9.48. The molecular formula is C19H18ClN3O2S. The highest BCUT2D eigenvalue weighted by Crippen LogP contribution is 2.23. The summed E-state index contributed by atoms with van der Waals surface area (Å²) in [5, 5.41) is 6.24. The van der Waals surface area contributed by atoms with Crippen molar-refractivity contribution in [1.82, 2.24) is 15.3 Å². The minimum atomic E-state index is -0.0276. The number of carbonyl (C=O) groups is 1. The second-order valence-electron chi connectivity index (χ2n) is 5.52. The molecule has 0 saturated heterocycles. The van der Waals surface area contributed by atoms with E-state index in [9.17, 15) is 4.79 Å². The summed E-state index contributed by atoms with van der Waals surface area (Å²) in [6.07, 6.45) is 2.75. The lowest BCUT2D eigenvalue weighted by Crippen LogP contribution is -2.23. The Labute approximate surface area is 161 Å². The van der Waals surface area contributed by atoms with E-state index < -0.39 is 0 Å². The first-order valence-electron chi connectivity index (χ1n) is 8.22. The highest BCUT2D eigenvalue weighted by molar-refractivity contribution is 7.13. The molecule has 1 aromatic carbocycles. The third-order valence-electron chi connectivity index (χ3n) is 3.54. The Kier molecular flexibility index (Phi) is 6.57. The van der Waals surface area contributed by atoms with Crippen LogP contribution >= 0.6 is 22.9 Å². The van der Waals surface area contributed by atoms with Crippen LogP contribution in [0.25, 0.3) is 10.7 Å². The van der Waals surface area contributed by atoms with Crippen molar-refractivity contribution in [3.05, 3.63) is 64.8 Å². The van der Waals surface area contributed by atoms with E-state index in [0.29, 0.717) is 36.8 Å². The normalized spacial score (nSPS) is 10.5. The van der Waals surface area contributed by atoms with Gasteiger partial charge in [-0.2, -0.15) is 0 Å². The lowest BCUT2D eigenvalue weighted by Gasteiger charge is -2.07. The Bertz CT molecular complexity index is 855. The third kappa shape index (κ3) is 5.28. The number of nitrogens with zero attached hydrogens (tertiary/aromatic N) is 2. The number of pyridine rings is 1. The van der Waals surface area contributed by atoms with Crippen LogP contribution in [0.1, 0.15) is 18.5 Å². The molecule has 3 aromatic rings. The molecule has 3 rings (SSSR count). The van der Waals surface area contributed by atoms with Gasteiger partial charge in [-0.25, -0.2) is 4.98 Å². The smallest absolute Gasteiger partial charge is 0.220 e. The number of rotatable bonds is 8.